The molecule has 4 aromatic rings. The van der Waals surface area contributed by atoms with Crippen molar-refractivity contribution in [2.75, 3.05) is 10.6 Å². The maximum absolute atomic E-state index is 16.4. The summed E-state index contributed by atoms with van der Waals surface area (Å²) in [7, 11) is -7.71. The Morgan fingerprint density at radius 1 is 0.938 bits per heavy atom. The van der Waals surface area contributed by atoms with E-state index in [0.29, 0.717) is 40.0 Å². The summed E-state index contributed by atoms with van der Waals surface area (Å²) in [6.07, 6.45) is 2.94. The van der Waals surface area contributed by atoms with Gasteiger partial charge in [0.1, 0.15) is 36.7 Å². The lowest BCUT2D eigenvalue weighted by atomic mass is 9.84. The Kier molecular flexibility index (Phi) is 15.1. The van der Waals surface area contributed by atoms with Crippen molar-refractivity contribution in [1.29, 1.82) is 5.26 Å². The number of carbonyl (C=O) groups is 2. The van der Waals surface area contributed by atoms with Gasteiger partial charge in [-0.05, 0) is 130 Å². The second kappa shape index (κ2) is 19.2. The van der Waals surface area contributed by atoms with Crippen LogP contribution in [0.3, 0.4) is 0 Å². The third-order valence-corrected chi connectivity index (χ3v) is 17.3. The predicted octanol–water partition coefficient (Wildman–Crippen LogP) is 10.1. The molecule has 0 saturated heterocycles. The van der Waals surface area contributed by atoms with Crippen LogP contribution in [0.2, 0.25) is 0 Å². The highest BCUT2D eigenvalue weighted by Crippen LogP contribution is 2.48. The maximum Gasteiger partial charge on any atom is 0.387 e. The molecule has 0 aliphatic heterocycles. The number of anilines is 2. The smallest absolute Gasteiger partial charge is 0.387 e. The van der Waals surface area contributed by atoms with E-state index < -0.39 is 67.4 Å². The molecule has 2 heterocycles. The van der Waals surface area contributed by atoms with Gasteiger partial charge >= 0.3 is 18.7 Å². The SMILES string of the molecule is Cc1cc(C(C)(C)O)sc1S(N)(=O)=NC(=O)Nc1c(C(C)C)cc(OC(F)F)cc1C(C)CCC(C)c1c(F)c(C#N)cc(C2CC2)c1NC(=O)N=S(N)(=O)c1cnc(C(C)(C)O)s1. The van der Waals surface area contributed by atoms with Crippen molar-refractivity contribution in [3.63, 3.8) is 0 Å². The molecule has 0 spiro atoms. The quantitative estimate of drug-likeness (QED) is 0.0661. The molecule has 64 heavy (non-hydrogen) atoms. The summed E-state index contributed by atoms with van der Waals surface area (Å²) < 4.78 is 83.3. The fraction of sp³-hybridized carbons (Fsp3) is 0.476. The highest BCUT2D eigenvalue weighted by Gasteiger charge is 2.34. The number of hydrogen-bond acceptors (Lipinski definition) is 11. The first-order valence-corrected chi connectivity index (χ1v) is 25.0. The summed E-state index contributed by atoms with van der Waals surface area (Å²) >= 11 is 1.77. The summed E-state index contributed by atoms with van der Waals surface area (Å²) in [5, 5.41) is 48.4. The van der Waals surface area contributed by atoms with E-state index in [4.69, 9.17) is 15.0 Å². The Bertz CT molecular complexity index is 2750. The van der Waals surface area contributed by atoms with Crippen LogP contribution in [0.5, 0.6) is 5.75 Å². The molecule has 1 saturated carbocycles. The second-order valence-corrected chi connectivity index (χ2v) is 23.3. The molecule has 0 bridgehead atoms. The number of amides is 4. The number of urea groups is 2. The summed E-state index contributed by atoms with van der Waals surface area (Å²) in [6, 6.07) is 5.34. The number of hydrogen-bond donors (Lipinski definition) is 6. The van der Waals surface area contributed by atoms with Gasteiger partial charge in [0.05, 0.1) is 23.0 Å². The maximum atomic E-state index is 16.4. The van der Waals surface area contributed by atoms with Crippen LogP contribution in [0.15, 0.2) is 47.6 Å². The van der Waals surface area contributed by atoms with Gasteiger partial charge < -0.3 is 25.6 Å². The topological polar surface area (TPSA) is 255 Å². The van der Waals surface area contributed by atoms with Crippen LogP contribution in [-0.2, 0) is 31.0 Å². The van der Waals surface area contributed by atoms with Gasteiger partial charge in [0.15, 0.2) is 19.8 Å². The molecule has 2 aromatic carbocycles. The van der Waals surface area contributed by atoms with Gasteiger partial charge in [-0.2, -0.15) is 14.0 Å². The monoisotopic (exact) mass is 966 g/mol. The molecule has 1 fully saturated rings. The average Bonchev–Trinajstić information content (AvgIpc) is 3.68. The number of thiophene rings is 1. The van der Waals surface area contributed by atoms with Crippen molar-refractivity contribution < 1.29 is 46.1 Å². The number of nitrogens with zero attached hydrogens (tertiary/aromatic N) is 4. The van der Waals surface area contributed by atoms with Gasteiger partial charge in [-0.15, -0.1) is 31.4 Å². The number of nitrogens with two attached hydrogens (primary N) is 2. The number of ether oxygens (including phenoxy) is 1. The molecule has 2 aromatic heterocycles. The van der Waals surface area contributed by atoms with Crippen LogP contribution in [0.4, 0.5) is 34.1 Å². The number of carbonyl (C=O) groups excluding carboxylic acids is 2. The minimum absolute atomic E-state index is 0.0124. The molecule has 5 rings (SSSR count). The van der Waals surface area contributed by atoms with E-state index in [1.165, 1.54) is 32.0 Å². The van der Waals surface area contributed by atoms with Crippen LogP contribution in [0, 0.1) is 24.1 Å². The number of benzene rings is 2. The van der Waals surface area contributed by atoms with Gasteiger partial charge in [-0.3, -0.25) is 0 Å². The second-order valence-electron chi connectivity index (χ2n) is 17.3. The largest absolute Gasteiger partial charge is 0.435 e. The van der Waals surface area contributed by atoms with Crippen molar-refractivity contribution >= 4 is 65.9 Å². The van der Waals surface area contributed by atoms with Gasteiger partial charge in [-0.25, -0.2) is 37.7 Å². The van der Waals surface area contributed by atoms with Crippen molar-refractivity contribution in [3.05, 3.63) is 79.5 Å². The van der Waals surface area contributed by atoms with E-state index in [-0.39, 0.29) is 66.4 Å². The van der Waals surface area contributed by atoms with Gasteiger partial charge in [0.25, 0.3) is 0 Å². The Hall–Kier alpha value is -4.47. The van der Waals surface area contributed by atoms with E-state index in [1.54, 1.807) is 54.5 Å². The number of alkyl halides is 2. The molecule has 15 nitrogen and oxygen atoms in total. The Morgan fingerprint density at radius 3 is 2.03 bits per heavy atom. The Morgan fingerprint density at radius 2 is 1.52 bits per heavy atom. The average molecular weight is 967 g/mol. The molecule has 0 radical (unpaired) electrons. The fourth-order valence-electron chi connectivity index (χ4n) is 7.05. The fourth-order valence-corrected chi connectivity index (χ4v) is 11.8. The van der Waals surface area contributed by atoms with Crippen LogP contribution in [-0.4, -0.2) is 42.3 Å². The Labute approximate surface area is 379 Å². The number of thiazole rings is 1. The van der Waals surface area contributed by atoms with E-state index >= 15 is 4.39 Å². The molecular weight excluding hydrogens is 914 g/mol. The standard InChI is InChI=1S/C42H53F3N8O7S4/c1-20(2)27-16-26(60-38(44)45)17-28(34(27)50-39(54)53-64(48,59)36-23(5)14-30(61-36)41(6,7)56)21(3)10-11-22(4)32-33(43)25(18-46)15-29(24-12-13-24)35(32)51-40(55)52-63(47,58)31-19-49-37(62-31)42(8,9)57/h14-17,19-22,24,38,56-57H,10-13H2,1-9H3,(H3,47,51,52,55,58)(H3,48,50,53,54,59). The lowest BCUT2D eigenvalue weighted by Crippen LogP contribution is -2.20. The molecule has 8 N–H and O–H groups in total. The third-order valence-electron chi connectivity index (χ3n) is 10.5. The van der Waals surface area contributed by atoms with Crippen LogP contribution >= 0.6 is 22.7 Å². The molecule has 22 heteroatoms. The molecule has 1 aliphatic rings. The highest BCUT2D eigenvalue weighted by molar-refractivity contribution is 7.94. The lowest BCUT2D eigenvalue weighted by molar-refractivity contribution is -0.0499. The molecule has 4 amide bonds. The molecule has 4 atom stereocenters. The number of halogens is 3. The van der Waals surface area contributed by atoms with Crippen molar-refractivity contribution in [2.24, 2.45) is 19.0 Å². The number of rotatable bonds is 15. The zero-order valence-corrected chi connectivity index (χ0v) is 40.0. The number of aliphatic hydroxyl groups is 2. The number of aryl methyl sites for hydroxylation is 1. The summed E-state index contributed by atoms with van der Waals surface area (Å²) in [4.78, 5) is 31.6. The molecule has 4 unspecified atom stereocenters. The first-order valence-electron chi connectivity index (χ1n) is 20.2. The first kappa shape index (κ1) is 50.5. The minimum atomic E-state index is -3.87. The van der Waals surface area contributed by atoms with Crippen LogP contribution in [0.1, 0.15) is 148 Å². The Balaban J connectivity index is 1.51. The van der Waals surface area contributed by atoms with E-state index in [0.717, 1.165) is 28.9 Å². The lowest BCUT2D eigenvalue weighted by Gasteiger charge is -2.25. The summed E-state index contributed by atoms with van der Waals surface area (Å²) in [5.74, 6) is -2.87. The number of nitriles is 1. The number of nitrogens with one attached hydrogen (secondary N) is 2. The van der Waals surface area contributed by atoms with E-state index in [9.17, 15) is 42.3 Å². The summed E-state index contributed by atoms with van der Waals surface area (Å²) in [5.41, 5.74) is -1.02. The van der Waals surface area contributed by atoms with Gasteiger partial charge in [-0.1, -0.05) is 27.7 Å². The van der Waals surface area contributed by atoms with Crippen molar-refractivity contribution in [1.82, 2.24) is 4.98 Å². The van der Waals surface area contributed by atoms with E-state index in [1.807, 2.05) is 6.07 Å². The van der Waals surface area contributed by atoms with Gasteiger partial charge in [0.2, 0.25) is 0 Å². The zero-order chi connectivity index (χ0) is 47.9. The zero-order valence-electron chi connectivity index (χ0n) is 36.7. The number of aromatic nitrogens is 1. The molecule has 1 aliphatic carbocycles. The van der Waals surface area contributed by atoms with Crippen molar-refractivity contribution in [2.45, 2.75) is 138 Å². The normalized spacial score (nSPS) is 16.1. The van der Waals surface area contributed by atoms with Crippen LogP contribution < -0.4 is 25.6 Å². The third kappa shape index (κ3) is 11.9. The predicted molar refractivity (Wildman–Crippen MR) is 242 cm³/mol. The van der Waals surface area contributed by atoms with Gasteiger partial charge in [0, 0.05) is 16.1 Å². The molecular formula is C42H53F3N8O7S4. The van der Waals surface area contributed by atoms with Crippen LogP contribution in [0.25, 0.3) is 0 Å². The van der Waals surface area contributed by atoms with Crippen molar-refractivity contribution in [3.8, 4) is 11.8 Å². The summed E-state index contributed by atoms with van der Waals surface area (Å²) in [6.45, 7) is 11.5. The minimum Gasteiger partial charge on any atom is -0.435 e. The highest BCUT2D eigenvalue weighted by atomic mass is 32.2. The van der Waals surface area contributed by atoms with E-state index in [2.05, 4.69) is 24.3 Å². The first-order chi connectivity index (χ1) is 29.5. The molecule has 348 valence electrons.